The first-order chi connectivity index (χ1) is 7.31. The van der Waals surface area contributed by atoms with E-state index in [0.29, 0.717) is 24.3 Å². The zero-order valence-corrected chi connectivity index (χ0v) is 8.36. The summed E-state index contributed by atoms with van der Waals surface area (Å²) in [5, 5.41) is 8.90. The van der Waals surface area contributed by atoms with Gasteiger partial charge < -0.3 is 4.90 Å². The lowest BCUT2D eigenvalue weighted by Crippen LogP contribution is -2.37. The molecule has 0 unspecified atom stereocenters. The van der Waals surface area contributed by atoms with Gasteiger partial charge in [-0.1, -0.05) is 0 Å². The van der Waals surface area contributed by atoms with E-state index in [-0.39, 0.29) is 0 Å². The molecular formula is C11H12FN3. The Morgan fingerprint density at radius 2 is 2.47 bits per heavy atom. The van der Waals surface area contributed by atoms with Gasteiger partial charge in [-0.05, 0) is 25.0 Å². The van der Waals surface area contributed by atoms with E-state index in [9.17, 15) is 4.39 Å². The summed E-state index contributed by atoms with van der Waals surface area (Å²) in [5.41, 5.74) is 0.520. The highest BCUT2D eigenvalue weighted by Gasteiger charge is 2.21. The molecule has 1 fully saturated rings. The first-order valence-electron chi connectivity index (χ1n) is 5.05. The van der Waals surface area contributed by atoms with Crippen molar-refractivity contribution >= 4 is 5.82 Å². The number of aromatic nitrogens is 1. The molecular weight excluding hydrogens is 193 g/mol. The minimum Gasteiger partial charge on any atom is -0.353 e. The number of nitrogens with zero attached hydrogens (tertiary/aromatic N) is 3. The second kappa shape index (κ2) is 4.26. The zero-order valence-electron chi connectivity index (χ0n) is 8.36. The summed E-state index contributed by atoms with van der Waals surface area (Å²) in [6.45, 7) is 1.14. The molecule has 0 radical (unpaired) electrons. The van der Waals surface area contributed by atoms with Gasteiger partial charge in [0.2, 0.25) is 0 Å². The third-order valence-electron chi connectivity index (χ3n) is 2.57. The van der Waals surface area contributed by atoms with Crippen molar-refractivity contribution in [2.45, 2.75) is 19.0 Å². The lowest BCUT2D eigenvalue weighted by Gasteiger charge is -2.30. The minimum absolute atomic E-state index is 0.353. The molecule has 1 aromatic heterocycles. The molecule has 0 aromatic carbocycles. The van der Waals surface area contributed by atoms with Crippen molar-refractivity contribution in [2.75, 3.05) is 18.0 Å². The molecule has 0 spiro atoms. The number of hydrogen-bond donors (Lipinski definition) is 0. The van der Waals surface area contributed by atoms with Crippen LogP contribution in [0, 0.1) is 11.3 Å². The Hall–Kier alpha value is -1.63. The lowest BCUT2D eigenvalue weighted by atomic mass is 10.1. The third-order valence-corrected chi connectivity index (χ3v) is 2.57. The average molecular weight is 205 g/mol. The molecule has 2 rings (SSSR count). The highest BCUT2D eigenvalue weighted by Crippen LogP contribution is 2.22. The number of piperidine rings is 1. The molecule has 0 bridgehead atoms. The molecule has 1 saturated heterocycles. The van der Waals surface area contributed by atoms with Gasteiger partial charge in [0.1, 0.15) is 18.1 Å². The van der Waals surface area contributed by atoms with Crippen LogP contribution in [0.4, 0.5) is 10.2 Å². The van der Waals surface area contributed by atoms with Crippen LogP contribution in [0.1, 0.15) is 18.4 Å². The first-order valence-corrected chi connectivity index (χ1v) is 5.05. The van der Waals surface area contributed by atoms with Crippen molar-refractivity contribution in [2.24, 2.45) is 0 Å². The van der Waals surface area contributed by atoms with Crippen LogP contribution in [-0.2, 0) is 0 Å². The minimum atomic E-state index is -0.799. The molecule has 3 nitrogen and oxygen atoms in total. The molecule has 1 aliphatic rings. The lowest BCUT2D eigenvalue weighted by molar-refractivity contribution is 0.286. The number of pyridine rings is 1. The van der Waals surface area contributed by atoms with Gasteiger partial charge in [-0.3, -0.25) is 0 Å². The topological polar surface area (TPSA) is 39.9 Å². The Morgan fingerprint density at radius 3 is 3.20 bits per heavy atom. The van der Waals surface area contributed by atoms with E-state index in [0.717, 1.165) is 13.0 Å². The maximum absolute atomic E-state index is 13.2. The highest BCUT2D eigenvalue weighted by molar-refractivity contribution is 5.53. The molecule has 4 heteroatoms. The number of anilines is 1. The van der Waals surface area contributed by atoms with Gasteiger partial charge in [0.05, 0.1) is 12.1 Å². The second-order valence-corrected chi connectivity index (χ2v) is 3.67. The molecule has 0 aliphatic carbocycles. The largest absolute Gasteiger partial charge is 0.353 e. The van der Waals surface area contributed by atoms with Crippen molar-refractivity contribution in [3.05, 3.63) is 23.9 Å². The number of nitriles is 1. The second-order valence-electron chi connectivity index (χ2n) is 3.67. The summed E-state index contributed by atoms with van der Waals surface area (Å²) in [5.74, 6) is 0.613. The van der Waals surface area contributed by atoms with Gasteiger partial charge in [0.25, 0.3) is 0 Å². The van der Waals surface area contributed by atoms with Crippen LogP contribution in [0.15, 0.2) is 18.3 Å². The van der Waals surface area contributed by atoms with Crippen molar-refractivity contribution in [3.8, 4) is 6.07 Å². The SMILES string of the molecule is N#Cc1cccnc1N1CCC[C@@H](F)C1. The molecule has 1 aliphatic heterocycles. The summed E-state index contributed by atoms with van der Waals surface area (Å²) in [6, 6.07) is 5.51. The van der Waals surface area contributed by atoms with Crippen LogP contribution in [0.5, 0.6) is 0 Å². The summed E-state index contributed by atoms with van der Waals surface area (Å²) in [6.07, 6.45) is 2.28. The fraction of sp³-hybridized carbons (Fsp3) is 0.455. The molecule has 0 saturated carbocycles. The maximum Gasteiger partial charge on any atom is 0.146 e. The molecule has 1 aromatic rings. The van der Waals surface area contributed by atoms with Crippen molar-refractivity contribution in [1.82, 2.24) is 4.98 Å². The van der Waals surface area contributed by atoms with Gasteiger partial charge in [-0.25, -0.2) is 9.37 Å². The Bertz CT molecular complexity index is 386. The van der Waals surface area contributed by atoms with Crippen LogP contribution in [0.3, 0.4) is 0 Å². The molecule has 1 atom stereocenters. The summed E-state index contributed by atoms with van der Waals surface area (Å²) < 4.78 is 13.2. The fourth-order valence-electron chi connectivity index (χ4n) is 1.85. The smallest absolute Gasteiger partial charge is 0.146 e. The van der Waals surface area contributed by atoms with E-state index in [1.54, 1.807) is 18.3 Å². The summed E-state index contributed by atoms with van der Waals surface area (Å²) >= 11 is 0. The van der Waals surface area contributed by atoms with E-state index < -0.39 is 6.17 Å². The van der Waals surface area contributed by atoms with Gasteiger partial charge in [-0.15, -0.1) is 0 Å². The van der Waals surface area contributed by atoms with Gasteiger partial charge in [-0.2, -0.15) is 5.26 Å². The molecule has 15 heavy (non-hydrogen) atoms. The van der Waals surface area contributed by atoms with E-state index in [1.165, 1.54) is 0 Å². The molecule has 78 valence electrons. The molecule has 0 N–H and O–H groups in total. The van der Waals surface area contributed by atoms with E-state index in [2.05, 4.69) is 11.1 Å². The van der Waals surface area contributed by atoms with Crippen molar-refractivity contribution in [3.63, 3.8) is 0 Å². The summed E-state index contributed by atoms with van der Waals surface area (Å²) in [7, 11) is 0. The Balaban J connectivity index is 2.25. The van der Waals surface area contributed by atoms with E-state index in [4.69, 9.17) is 5.26 Å². The maximum atomic E-state index is 13.2. The van der Waals surface area contributed by atoms with Crippen molar-refractivity contribution < 1.29 is 4.39 Å². The fourth-order valence-corrected chi connectivity index (χ4v) is 1.85. The third kappa shape index (κ3) is 2.07. The highest BCUT2D eigenvalue weighted by atomic mass is 19.1. The van der Waals surface area contributed by atoms with Crippen LogP contribution in [0.25, 0.3) is 0 Å². The van der Waals surface area contributed by atoms with Crippen molar-refractivity contribution in [1.29, 1.82) is 5.26 Å². The Morgan fingerprint density at radius 1 is 1.60 bits per heavy atom. The number of hydrogen-bond acceptors (Lipinski definition) is 3. The van der Waals surface area contributed by atoms with E-state index in [1.807, 2.05) is 4.90 Å². The van der Waals surface area contributed by atoms with Crippen LogP contribution in [-0.4, -0.2) is 24.2 Å². The number of halogens is 1. The van der Waals surface area contributed by atoms with Gasteiger partial charge in [0.15, 0.2) is 0 Å². The van der Waals surface area contributed by atoms with Crippen LogP contribution < -0.4 is 4.90 Å². The Kier molecular flexibility index (Phi) is 2.82. The quantitative estimate of drug-likeness (QED) is 0.702. The molecule has 0 amide bonds. The number of rotatable bonds is 1. The first kappa shape index (κ1) is 9.91. The Labute approximate surface area is 88.2 Å². The van der Waals surface area contributed by atoms with Gasteiger partial charge in [0, 0.05) is 12.7 Å². The van der Waals surface area contributed by atoms with Gasteiger partial charge >= 0.3 is 0 Å². The molecule has 2 heterocycles. The van der Waals surface area contributed by atoms with Crippen LogP contribution >= 0.6 is 0 Å². The summed E-state index contributed by atoms with van der Waals surface area (Å²) in [4.78, 5) is 6.00. The average Bonchev–Trinajstić information content (AvgIpc) is 2.29. The predicted octanol–water partition coefficient (Wildman–Crippen LogP) is 1.89. The monoisotopic (exact) mass is 205 g/mol. The van der Waals surface area contributed by atoms with E-state index >= 15 is 0 Å². The predicted molar refractivity (Wildman–Crippen MR) is 55.3 cm³/mol. The number of alkyl halides is 1. The van der Waals surface area contributed by atoms with Crippen LogP contribution in [0.2, 0.25) is 0 Å². The normalized spacial score (nSPS) is 21.1. The standard InChI is InChI=1S/C11H12FN3/c12-10-4-2-6-15(8-10)11-9(7-13)3-1-5-14-11/h1,3,5,10H,2,4,6,8H2/t10-/m1/s1. The zero-order chi connectivity index (χ0) is 10.7.